The van der Waals surface area contributed by atoms with E-state index >= 15 is 4.39 Å². The SMILES string of the molecule is CC1OC(=O)OC1CN1CCCCC12CCN(c1c(F)cc3c(=O)c(C(=O)O)cn(C4CC4)c3c1C#N)C2. The van der Waals surface area contributed by atoms with E-state index in [-0.39, 0.29) is 40.4 Å². The molecule has 1 spiro atoms. The van der Waals surface area contributed by atoms with Gasteiger partial charge >= 0.3 is 12.1 Å². The first-order chi connectivity index (χ1) is 18.2. The largest absolute Gasteiger partial charge is 0.509 e. The molecular formula is C27H29FN4O6. The first-order valence-corrected chi connectivity index (χ1v) is 13.1. The van der Waals surface area contributed by atoms with Crippen LogP contribution in [0.1, 0.15) is 67.4 Å². The number of carboxylic acids is 1. The van der Waals surface area contributed by atoms with Crippen molar-refractivity contribution in [3.8, 4) is 6.07 Å². The van der Waals surface area contributed by atoms with Crippen LogP contribution in [0.15, 0.2) is 17.1 Å². The van der Waals surface area contributed by atoms with E-state index in [1.807, 2.05) is 11.8 Å². The van der Waals surface area contributed by atoms with Crippen molar-refractivity contribution in [1.82, 2.24) is 9.47 Å². The summed E-state index contributed by atoms with van der Waals surface area (Å²) in [6.07, 6.45) is 5.17. The fraction of sp³-hybridized carbons (Fsp3) is 0.556. The minimum absolute atomic E-state index is 0.0290. The zero-order chi connectivity index (χ0) is 26.8. The molecule has 1 aromatic heterocycles. The van der Waals surface area contributed by atoms with Gasteiger partial charge in [0.1, 0.15) is 29.1 Å². The Hall–Kier alpha value is -3.65. The van der Waals surface area contributed by atoms with Crippen molar-refractivity contribution in [3.05, 3.63) is 39.4 Å². The van der Waals surface area contributed by atoms with E-state index in [4.69, 9.17) is 9.47 Å². The molecule has 1 aliphatic carbocycles. The number of halogens is 1. The van der Waals surface area contributed by atoms with Crippen molar-refractivity contribution < 1.29 is 28.6 Å². The van der Waals surface area contributed by atoms with Crippen LogP contribution in [-0.2, 0) is 9.47 Å². The van der Waals surface area contributed by atoms with Crippen LogP contribution in [-0.4, -0.2) is 70.6 Å². The maximum absolute atomic E-state index is 15.8. The highest BCUT2D eigenvalue weighted by Crippen LogP contribution is 2.43. The first-order valence-electron chi connectivity index (χ1n) is 13.1. The normalized spacial score (nSPS) is 27.5. The Morgan fingerprint density at radius 2 is 2.03 bits per heavy atom. The van der Waals surface area contributed by atoms with E-state index in [9.17, 15) is 24.8 Å². The highest BCUT2D eigenvalue weighted by Gasteiger charge is 2.48. The van der Waals surface area contributed by atoms with Gasteiger partial charge in [-0.25, -0.2) is 14.0 Å². The molecule has 10 nitrogen and oxygen atoms in total. The predicted molar refractivity (Wildman–Crippen MR) is 134 cm³/mol. The Morgan fingerprint density at radius 1 is 1.24 bits per heavy atom. The second-order valence-electron chi connectivity index (χ2n) is 10.9. The van der Waals surface area contributed by atoms with Gasteiger partial charge in [-0.05, 0) is 51.6 Å². The number of anilines is 1. The predicted octanol–water partition coefficient (Wildman–Crippen LogP) is 3.40. The molecule has 1 saturated carbocycles. The van der Waals surface area contributed by atoms with E-state index < -0.39 is 28.9 Å². The smallest absolute Gasteiger partial charge is 0.477 e. The number of likely N-dealkylation sites (tertiary alicyclic amines) is 1. The molecule has 0 radical (unpaired) electrons. The van der Waals surface area contributed by atoms with Gasteiger partial charge in [-0.3, -0.25) is 9.69 Å². The molecule has 0 amide bonds. The highest BCUT2D eigenvalue weighted by atomic mass is 19.1. The number of carbonyl (C=O) groups excluding carboxylic acids is 1. The van der Waals surface area contributed by atoms with Crippen molar-refractivity contribution in [2.24, 2.45) is 0 Å². The lowest BCUT2D eigenvalue weighted by atomic mass is 9.85. The molecule has 2 aromatic rings. The lowest BCUT2D eigenvalue weighted by molar-refractivity contribution is 0.0162. The van der Waals surface area contributed by atoms with Crippen LogP contribution in [0.5, 0.6) is 0 Å². The van der Waals surface area contributed by atoms with Crippen LogP contribution in [0.25, 0.3) is 10.9 Å². The van der Waals surface area contributed by atoms with E-state index in [1.165, 1.54) is 6.20 Å². The lowest BCUT2D eigenvalue weighted by Crippen LogP contribution is -2.56. The fourth-order valence-corrected chi connectivity index (χ4v) is 6.51. The molecule has 1 aromatic carbocycles. The second-order valence-corrected chi connectivity index (χ2v) is 10.9. The number of ether oxygens (including phenoxy) is 2. The third-order valence-electron chi connectivity index (χ3n) is 8.62. The van der Waals surface area contributed by atoms with Crippen molar-refractivity contribution in [3.63, 3.8) is 0 Å². The van der Waals surface area contributed by atoms with E-state index in [0.717, 1.165) is 51.1 Å². The van der Waals surface area contributed by atoms with Gasteiger partial charge in [0.25, 0.3) is 0 Å². The average Bonchev–Trinajstić information content (AvgIpc) is 3.57. The number of benzene rings is 1. The number of aromatic nitrogens is 1. The molecule has 3 unspecified atom stereocenters. The molecule has 4 aliphatic rings. The number of pyridine rings is 1. The third-order valence-corrected chi connectivity index (χ3v) is 8.62. The zero-order valence-electron chi connectivity index (χ0n) is 21.1. The molecule has 6 rings (SSSR count). The van der Waals surface area contributed by atoms with Crippen LogP contribution in [0.4, 0.5) is 14.9 Å². The molecule has 1 N–H and O–H groups in total. The zero-order valence-corrected chi connectivity index (χ0v) is 21.1. The Bertz CT molecular complexity index is 1450. The first kappa shape index (κ1) is 24.7. The van der Waals surface area contributed by atoms with Gasteiger partial charge in [0.05, 0.1) is 16.6 Å². The maximum Gasteiger partial charge on any atom is 0.509 e. The molecular weight excluding hydrogens is 495 g/mol. The maximum atomic E-state index is 15.8. The number of fused-ring (bicyclic) bond motifs is 1. The quantitative estimate of drug-likeness (QED) is 0.586. The summed E-state index contributed by atoms with van der Waals surface area (Å²) in [5.41, 5.74) is -0.971. The highest BCUT2D eigenvalue weighted by molar-refractivity contribution is 5.96. The van der Waals surface area contributed by atoms with Gasteiger partial charge in [0.15, 0.2) is 6.10 Å². The summed E-state index contributed by atoms with van der Waals surface area (Å²) in [6, 6.07) is 3.22. The molecule has 0 bridgehead atoms. The van der Waals surface area contributed by atoms with Gasteiger partial charge < -0.3 is 24.0 Å². The number of rotatable bonds is 5. The van der Waals surface area contributed by atoms with E-state index in [2.05, 4.69) is 11.0 Å². The summed E-state index contributed by atoms with van der Waals surface area (Å²) in [5.74, 6) is -2.08. The third kappa shape index (κ3) is 3.89. The lowest BCUT2D eigenvalue weighted by Gasteiger charge is -2.45. The number of carbonyl (C=O) groups is 2. The fourth-order valence-electron chi connectivity index (χ4n) is 6.51. The Morgan fingerprint density at radius 3 is 2.68 bits per heavy atom. The monoisotopic (exact) mass is 524 g/mol. The number of hydrogen-bond acceptors (Lipinski definition) is 8. The minimum Gasteiger partial charge on any atom is -0.477 e. The Balaban J connectivity index is 1.40. The van der Waals surface area contributed by atoms with E-state index in [1.54, 1.807) is 4.57 Å². The van der Waals surface area contributed by atoms with Crippen LogP contribution in [0, 0.1) is 17.1 Å². The molecule has 4 fully saturated rings. The molecule has 38 heavy (non-hydrogen) atoms. The minimum atomic E-state index is -1.37. The number of nitriles is 1. The van der Waals surface area contributed by atoms with Crippen molar-refractivity contribution in [2.75, 3.05) is 31.1 Å². The van der Waals surface area contributed by atoms with Gasteiger partial charge in [-0.2, -0.15) is 5.26 Å². The second kappa shape index (κ2) is 8.98. The number of carboxylic acid groups (broad SMARTS) is 1. The molecule has 11 heteroatoms. The van der Waals surface area contributed by atoms with Gasteiger partial charge in [-0.15, -0.1) is 0 Å². The summed E-state index contributed by atoms with van der Waals surface area (Å²) in [4.78, 5) is 40.5. The number of nitrogens with zero attached hydrogens (tertiary/aromatic N) is 4. The number of cyclic esters (lactones) is 2. The van der Waals surface area contributed by atoms with Crippen molar-refractivity contribution in [2.45, 2.75) is 69.2 Å². The summed E-state index contributed by atoms with van der Waals surface area (Å²) in [6.45, 7) is 4.15. The van der Waals surface area contributed by atoms with Crippen LogP contribution in [0.3, 0.4) is 0 Å². The summed E-state index contributed by atoms with van der Waals surface area (Å²) in [5, 5.41) is 19.7. The Kier molecular flexibility index (Phi) is 5.83. The average molecular weight is 525 g/mol. The Labute approximate surface area is 218 Å². The van der Waals surface area contributed by atoms with Crippen molar-refractivity contribution >= 4 is 28.7 Å². The summed E-state index contributed by atoms with van der Waals surface area (Å²) >= 11 is 0. The molecule has 200 valence electrons. The van der Waals surface area contributed by atoms with Gasteiger partial charge in [0.2, 0.25) is 5.43 Å². The van der Waals surface area contributed by atoms with Crippen LogP contribution >= 0.6 is 0 Å². The van der Waals surface area contributed by atoms with Gasteiger partial charge in [-0.1, -0.05) is 6.42 Å². The van der Waals surface area contributed by atoms with Crippen LogP contribution < -0.4 is 10.3 Å². The molecule has 3 atom stereocenters. The summed E-state index contributed by atoms with van der Waals surface area (Å²) in [7, 11) is 0. The van der Waals surface area contributed by atoms with Gasteiger partial charge in [0, 0.05) is 37.4 Å². The van der Waals surface area contributed by atoms with E-state index in [0.29, 0.717) is 25.2 Å². The molecule has 3 saturated heterocycles. The summed E-state index contributed by atoms with van der Waals surface area (Å²) < 4.78 is 28.0. The molecule has 3 aliphatic heterocycles. The van der Waals surface area contributed by atoms with Crippen molar-refractivity contribution in [1.29, 1.82) is 5.26 Å². The molecule has 4 heterocycles. The van der Waals surface area contributed by atoms with Crippen LogP contribution in [0.2, 0.25) is 0 Å². The standard InChI is InChI=1S/C27H29FN4O6/c1-15-21(38-26(36)37-15)13-31-8-3-2-6-27(31)7-9-30(14-27)23-18(11-29)22-17(10-20(23)28)24(33)19(25(34)35)12-32(22)16-4-5-16/h10,12,15-16,21H,2-9,13-14H2,1H3,(H,34,35). The topological polar surface area (TPSA) is 125 Å². The number of piperidine rings is 1. The number of aromatic carboxylic acids is 1. The number of hydrogen-bond donors (Lipinski definition) is 1.